The second kappa shape index (κ2) is 37.3. The number of carbonyl (C=O) groups is 2. The highest BCUT2D eigenvalue weighted by Crippen LogP contribution is 2.11. The molecule has 0 spiro atoms. The van der Waals surface area contributed by atoms with E-state index in [0.717, 1.165) is 70.6 Å². The van der Waals surface area contributed by atoms with Crippen LogP contribution in [0.15, 0.2) is 48.6 Å². The Morgan fingerprint density at radius 1 is 0.500 bits per heavy atom. The maximum Gasteiger partial charge on any atom is 0.306 e. The van der Waals surface area contributed by atoms with E-state index in [9.17, 15) is 14.7 Å². The van der Waals surface area contributed by atoms with Gasteiger partial charge in [0.25, 0.3) is 0 Å². The maximum absolute atomic E-state index is 12.1. The molecular weight excluding hydrogens is 572 g/mol. The summed E-state index contributed by atoms with van der Waals surface area (Å²) in [6.07, 6.45) is 45.9. The number of hydrogen-bond donors (Lipinski definition) is 1. The second-order valence-electron chi connectivity index (χ2n) is 12.6. The normalized spacial score (nSPS) is 12.7. The first-order valence-corrected chi connectivity index (χ1v) is 19.2. The molecule has 0 aromatic rings. The van der Waals surface area contributed by atoms with Gasteiger partial charge in [0, 0.05) is 12.8 Å². The van der Waals surface area contributed by atoms with E-state index in [1.54, 1.807) is 0 Å². The summed E-state index contributed by atoms with van der Waals surface area (Å²) in [5.74, 6) is -0.625. The largest absolute Gasteiger partial charge is 0.462 e. The number of aliphatic hydroxyl groups is 1. The molecule has 1 atom stereocenters. The quantitative estimate of drug-likeness (QED) is 0.0429. The van der Waals surface area contributed by atoms with Crippen molar-refractivity contribution in [1.29, 1.82) is 0 Å². The Hall–Kier alpha value is -2.14. The Morgan fingerprint density at radius 2 is 0.870 bits per heavy atom. The fraction of sp³-hybridized carbons (Fsp3) is 0.756. The maximum atomic E-state index is 12.1. The lowest BCUT2D eigenvalue weighted by molar-refractivity contribution is -0.161. The average molecular weight is 645 g/mol. The minimum atomic E-state index is -0.784. The van der Waals surface area contributed by atoms with Gasteiger partial charge in [-0.25, -0.2) is 0 Å². The van der Waals surface area contributed by atoms with E-state index in [1.165, 1.54) is 83.5 Å². The predicted octanol–water partition coefficient (Wildman–Crippen LogP) is 11.8. The number of aliphatic hydroxyl groups excluding tert-OH is 1. The highest BCUT2D eigenvalue weighted by molar-refractivity contribution is 5.70. The number of allylic oxidation sites excluding steroid dienone is 8. The van der Waals surface area contributed by atoms with E-state index in [4.69, 9.17) is 9.47 Å². The van der Waals surface area contributed by atoms with E-state index >= 15 is 0 Å². The van der Waals surface area contributed by atoms with Gasteiger partial charge in [-0.2, -0.15) is 0 Å². The molecule has 0 aliphatic heterocycles. The van der Waals surface area contributed by atoms with E-state index in [0.29, 0.717) is 12.8 Å². The van der Waals surface area contributed by atoms with Gasteiger partial charge in [-0.15, -0.1) is 0 Å². The number of esters is 2. The molecule has 0 saturated carbocycles. The SMILES string of the molecule is CCCCCC/C=C\C/C=C\CCCCCCCC(=O)OCC(CO)OC(=O)CCCCCCC/C=C\C/C=C\CCCCCC. The van der Waals surface area contributed by atoms with Crippen LogP contribution in [0.2, 0.25) is 0 Å². The van der Waals surface area contributed by atoms with Gasteiger partial charge in [0.15, 0.2) is 6.10 Å². The molecule has 0 radical (unpaired) electrons. The zero-order valence-corrected chi connectivity index (χ0v) is 30.1. The molecule has 1 N–H and O–H groups in total. The molecule has 46 heavy (non-hydrogen) atoms. The van der Waals surface area contributed by atoms with E-state index in [-0.39, 0.29) is 25.2 Å². The Labute approximate surface area is 284 Å². The fourth-order valence-corrected chi connectivity index (χ4v) is 5.14. The Kier molecular flexibility index (Phi) is 35.6. The van der Waals surface area contributed by atoms with Gasteiger partial charge in [-0.05, 0) is 77.0 Å². The first-order valence-electron chi connectivity index (χ1n) is 19.2. The van der Waals surface area contributed by atoms with Crippen molar-refractivity contribution in [1.82, 2.24) is 0 Å². The van der Waals surface area contributed by atoms with Crippen LogP contribution in [0, 0.1) is 0 Å². The van der Waals surface area contributed by atoms with Crippen LogP contribution in [0.4, 0.5) is 0 Å². The number of rotatable bonds is 34. The average Bonchev–Trinajstić information content (AvgIpc) is 3.06. The van der Waals surface area contributed by atoms with Gasteiger partial charge in [0.1, 0.15) is 6.61 Å². The third-order valence-electron chi connectivity index (χ3n) is 8.10. The summed E-state index contributed by atoms with van der Waals surface area (Å²) in [6, 6.07) is 0. The van der Waals surface area contributed by atoms with Gasteiger partial charge in [0.2, 0.25) is 0 Å². The molecule has 0 amide bonds. The lowest BCUT2D eigenvalue weighted by Crippen LogP contribution is -2.28. The third kappa shape index (κ3) is 34.7. The van der Waals surface area contributed by atoms with Crippen LogP contribution in [-0.4, -0.2) is 36.4 Å². The van der Waals surface area contributed by atoms with Gasteiger partial charge < -0.3 is 14.6 Å². The second-order valence-corrected chi connectivity index (χ2v) is 12.6. The van der Waals surface area contributed by atoms with Crippen molar-refractivity contribution in [3.05, 3.63) is 48.6 Å². The molecule has 0 aliphatic rings. The molecule has 1 unspecified atom stereocenters. The molecule has 0 aromatic carbocycles. The molecule has 266 valence electrons. The Morgan fingerprint density at radius 3 is 1.28 bits per heavy atom. The molecule has 5 heteroatoms. The van der Waals surface area contributed by atoms with E-state index in [2.05, 4.69) is 62.5 Å². The van der Waals surface area contributed by atoms with Crippen LogP contribution in [0.1, 0.15) is 181 Å². The van der Waals surface area contributed by atoms with Crippen molar-refractivity contribution in [2.24, 2.45) is 0 Å². The third-order valence-corrected chi connectivity index (χ3v) is 8.10. The number of carbonyl (C=O) groups excluding carboxylic acids is 2. The Balaban J connectivity index is 3.63. The van der Waals surface area contributed by atoms with Gasteiger partial charge in [-0.3, -0.25) is 9.59 Å². The van der Waals surface area contributed by atoms with Crippen LogP contribution in [0.25, 0.3) is 0 Å². The number of ether oxygens (including phenoxy) is 2. The van der Waals surface area contributed by atoms with Crippen LogP contribution >= 0.6 is 0 Å². The molecule has 0 bridgehead atoms. The molecule has 0 rings (SSSR count). The summed E-state index contributed by atoms with van der Waals surface area (Å²) in [5, 5.41) is 9.54. The monoisotopic (exact) mass is 645 g/mol. The van der Waals surface area contributed by atoms with Crippen LogP contribution < -0.4 is 0 Å². The highest BCUT2D eigenvalue weighted by atomic mass is 16.6. The number of hydrogen-bond acceptors (Lipinski definition) is 5. The first-order chi connectivity index (χ1) is 22.6. The predicted molar refractivity (Wildman–Crippen MR) is 196 cm³/mol. The smallest absolute Gasteiger partial charge is 0.306 e. The van der Waals surface area contributed by atoms with Crippen molar-refractivity contribution in [3.63, 3.8) is 0 Å². The van der Waals surface area contributed by atoms with Crippen LogP contribution in [-0.2, 0) is 19.1 Å². The molecule has 5 nitrogen and oxygen atoms in total. The molecule has 0 heterocycles. The summed E-state index contributed by atoms with van der Waals surface area (Å²) < 4.78 is 10.6. The number of unbranched alkanes of at least 4 members (excludes halogenated alkanes) is 18. The van der Waals surface area contributed by atoms with Crippen LogP contribution in [0.3, 0.4) is 0 Å². The van der Waals surface area contributed by atoms with Gasteiger partial charge >= 0.3 is 11.9 Å². The van der Waals surface area contributed by atoms with E-state index < -0.39 is 6.10 Å². The topological polar surface area (TPSA) is 72.8 Å². The minimum Gasteiger partial charge on any atom is -0.462 e. The van der Waals surface area contributed by atoms with Crippen molar-refractivity contribution >= 4 is 11.9 Å². The van der Waals surface area contributed by atoms with Crippen LogP contribution in [0.5, 0.6) is 0 Å². The summed E-state index contributed by atoms with van der Waals surface area (Å²) in [5.41, 5.74) is 0. The lowest BCUT2D eigenvalue weighted by atomic mass is 10.1. The molecular formula is C41H72O5. The highest BCUT2D eigenvalue weighted by Gasteiger charge is 2.16. The molecule has 0 aliphatic carbocycles. The summed E-state index contributed by atoms with van der Waals surface area (Å²) >= 11 is 0. The molecule has 0 fully saturated rings. The lowest BCUT2D eigenvalue weighted by Gasteiger charge is -2.15. The van der Waals surface area contributed by atoms with Crippen molar-refractivity contribution in [2.45, 2.75) is 187 Å². The summed E-state index contributed by atoms with van der Waals surface area (Å²) in [6.45, 7) is 4.07. The van der Waals surface area contributed by atoms with Crippen molar-refractivity contribution < 1.29 is 24.2 Å². The zero-order valence-electron chi connectivity index (χ0n) is 30.1. The molecule has 0 aromatic heterocycles. The first kappa shape index (κ1) is 43.9. The summed E-state index contributed by atoms with van der Waals surface area (Å²) in [4.78, 5) is 24.2. The standard InChI is InChI=1S/C41H72O5/c1-3-5-7-9-11-13-15-17-19-21-23-25-27-29-31-33-35-40(43)45-38-39(37-42)46-41(44)36-34-32-30-28-26-24-22-20-18-16-14-12-10-8-6-4-2/h13-16,19-22,39,42H,3-12,17-18,23-38H2,1-2H3/b15-13-,16-14-,21-19-,22-20-. The van der Waals surface area contributed by atoms with Gasteiger partial charge in [-0.1, -0.05) is 140 Å². The molecule has 0 saturated heterocycles. The van der Waals surface area contributed by atoms with Crippen molar-refractivity contribution in [2.75, 3.05) is 13.2 Å². The van der Waals surface area contributed by atoms with Crippen molar-refractivity contribution in [3.8, 4) is 0 Å². The fourth-order valence-electron chi connectivity index (χ4n) is 5.14. The van der Waals surface area contributed by atoms with E-state index in [1.807, 2.05) is 0 Å². The summed E-state index contributed by atoms with van der Waals surface area (Å²) in [7, 11) is 0. The van der Waals surface area contributed by atoms with Gasteiger partial charge in [0.05, 0.1) is 6.61 Å². The zero-order chi connectivity index (χ0) is 33.6. The Bertz CT molecular complexity index is 782. The minimum absolute atomic E-state index is 0.0796.